The van der Waals surface area contributed by atoms with Gasteiger partial charge in [-0.3, -0.25) is 14.5 Å². The lowest BCUT2D eigenvalue weighted by Crippen LogP contribution is -2.32. The number of hydrogen-bond donors (Lipinski definition) is 0. The highest BCUT2D eigenvalue weighted by Gasteiger charge is 2.35. The van der Waals surface area contributed by atoms with Crippen molar-refractivity contribution < 1.29 is 19.1 Å². The molecule has 1 fully saturated rings. The van der Waals surface area contributed by atoms with Gasteiger partial charge in [0.05, 0.1) is 23.6 Å². The Kier molecular flexibility index (Phi) is 5.97. The number of methoxy groups -OCH3 is 1. The molecule has 0 bridgehead atoms. The summed E-state index contributed by atoms with van der Waals surface area (Å²) in [6.07, 6.45) is 1.72. The van der Waals surface area contributed by atoms with E-state index in [1.54, 1.807) is 31.4 Å². The van der Waals surface area contributed by atoms with Crippen LogP contribution >= 0.6 is 23.4 Å². The molecule has 0 aliphatic carbocycles. The van der Waals surface area contributed by atoms with Crippen LogP contribution in [0.3, 0.4) is 0 Å². The van der Waals surface area contributed by atoms with Gasteiger partial charge in [0.15, 0.2) is 0 Å². The number of halogens is 1. The van der Waals surface area contributed by atoms with Crippen molar-refractivity contribution in [3.8, 4) is 11.5 Å². The molecule has 1 aliphatic heterocycles. The molecular weight excluding hydrogens is 422 g/mol. The maximum atomic E-state index is 12.9. The summed E-state index contributed by atoms with van der Waals surface area (Å²) in [6, 6.07) is 18.7. The SMILES string of the molecule is COc1ccc2ccccc2c1/C=C1\SC(=O)N(CCOc2ccccc2Cl)C1=O. The van der Waals surface area contributed by atoms with Crippen molar-refractivity contribution >= 4 is 51.4 Å². The molecule has 1 saturated heterocycles. The zero-order chi connectivity index (χ0) is 21.1. The topological polar surface area (TPSA) is 55.8 Å². The summed E-state index contributed by atoms with van der Waals surface area (Å²) in [5, 5.41) is 2.13. The molecule has 1 heterocycles. The van der Waals surface area contributed by atoms with Gasteiger partial charge in [-0.2, -0.15) is 0 Å². The fourth-order valence-corrected chi connectivity index (χ4v) is 4.27. The van der Waals surface area contributed by atoms with Crippen molar-refractivity contribution in [3.05, 3.63) is 76.2 Å². The van der Waals surface area contributed by atoms with Crippen LogP contribution < -0.4 is 9.47 Å². The first-order valence-electron chi connectivity index (χ1n) is 9.27. The standard InChI is InChI=1S/C23H18ClNO4S/c1-28-19-11-10-15-6-2-3-7-16(15)17(19)14-21-22(26)25(23(27)30-21)12-13-29-20-9-5-4-8-18(20)24/h2-11,14H,12-13H2,1H3/b21-14-. The summed E-state index contributed by atoms with van der Waals surface area (Å²) in [5.74, 6) is 0.812. The minimum atomic E-state index is -0.345. The monoisotopic (exact) mass is 439 g/mol. The minimum absolute atomic E-state index is 0.139. The maximum Gasteiger partial charge on any atom is 0.293 e. The smallest absolute Gasteiger partial charge is 0.293 e. The third kappa shape index (κ3) is 4.01. The highest BCUT2D eigenvalue weighted by atomic mass is 35.5. The van der Waals surface area contributed by atoms with Crippen LogP contribution in [0.15, 0.2) is 65.6 Å². The van der Waals surface area contributed by atoms with Crippen molar-refractivity contribution in [2.75, 3.05) is 20.3 Å². The second kappa shape index (κ2) is 8.81. The molecule has 0 spiro atoms. The Morgan fingerprint density at radius 3 is 2.57 bits per heavy atom. The molecule has 0 atom stereocenters. The van der Waals surface area contributed by atoms with Gasteiger partial charge in [0.1, 0.15) is 18.1 Å². The number of amides is 2. The van der Waals surface area contributed by atoms with E-state index >= 15 is 0 Å². The molecule has 7 heteroatoms. The molecule has 30 heavy (non-hydrogen) atoms. The number of imide groups is 1. The van der Waals surface area contributed by atoms with Crippen molar-refractivity contribution in [3.63, 3.8) is 0 Å². The van der Waals surface area contributed by atoms with E-state index in [2.05, 4.69) is 0 Å². The largest absolute Gasteiger partial charge is 0.496 e. The zero-order valence-corrected chi connectivity index (χ0v) is 17.7. The van der Waals surface area contributed by atoms with Crippen LogP contribution in [0.2, 0.25) is 5.02 Å². The lowest BCUT2D eigenvalue weighted by Gasteiger charge is -2.14. The third-order valence-corrected chi connectivity index (χ3v) is 5.93. The number of fused-ring (bicyclic) bond motifs is 1. The lowest BCUT2D eigenvalue weighted by molar-refractivity contribution is -0.123. The Morgan fingerprint density at radius 2 is 1.77 bits per heavy atom. The average molecular weight is 440 g/mol. The number of para-hydroxylation sites is 1. The van der Waals surface area contributed by atoms with Crippen molar-refractivity contribution in [2.24, 2.45) is 0 Å². The van der Waals surface area contributed by atoms with E-state index in [1.807, 2.05) is 42.5 Å². The second-order valence-electron chi connectivity index (χ2n) is 6.51. The molecule has 0 unspecified atom stereocenters. The van der Waals surface area contributed by atoms with Crippen LogP contribution in [-0.4, -0.2) is 36.3 Å². The van der Waals surface area contributed by atoms with Gasteiger partial charge < -0.3 is 9.47 Å². The fourth-order valence-electron chi connectivity index (χ4n) is 3.24. The number of carbonyl (C=O) groups excluding carboxylic acids is 2. The molecule has 0 saturated carbocycles. The average Bonchev–Trinajstić information content (AvgIpc) is 3.02. The first kappa shape index (κ1) is 20.3. The van der Waals surface area contributed by atoms with E-state index in [0.717, 1.165) is 28.1 Å². The molecular formula is C23H18ClNO4S. The molecule has 2 amide bonds. The van der Waals surface area contributed by atoms with Gasteiger partial charge in [-0.1, -0.05) is 54.1 Å². The van der Waals surface area contributed by atoms with Crippen LogP contribution in [0.5, 0.6) is 11.5 Å². The predicted molar refractivity (Wildman–Crippen MR) is 120 cm³/mol. The number of rotatable bonds is 6. The van der Waals surface area contributed by atoms with E-state index in [0.29, 0.717) is 21.4 Å². The van der Waals surface area contributed by atoms with Crippen molar-refractivity contribution in [1.29, 1.82) is 0 Å². The van der Waals surface area contributed by atoms with Crippen LogP contribution in [-0.2, 0) is 4.79 Å². The Bertz CT molecular complexity index is 1160. The molecule has 4 rings (SSSR count). The van der Waals surface area contributed by atoms with Crippen LogP contribution in [0.25, 0.3) is 16.8 Å². The summed E-state index contributed by atoms with van der Waals surface area (Å²) >= 11 is 6.98. The molecule has 0 radical (unpaired) electrons. The van der Waals surface area contributed by atoms with Crippen LogP contribution in [0.1, 0.15) is 5.56 Å². The van der Waals surface area contributed by atoms with Crippen LogP contribution in [0, 0.1) is 0 Å². The maximum absolute atomic E-state index is 12.9. The first-order chi connectivity index (χ1) is 14.6. The van der Waals surface area contributed by atoms with Crippen LogP contribution in [0.4, 0.5) is 4.79 Å². The van der Waals surface area contributed by atoms with Gasteiger partial charge in [-0.25, -0.2) is 0 Å². The number of nitrogens with zero attached hydrogens (tertiary/aromatic N) is 1. The molecule has 5 nitrogen and oxygen atoms in total. The van der Waals surface area contributed by atoms with Crippen molar-refractivity contribution in [2.45, 2.75) is 0 Å². The van der Waals surface area contributed by atoms with Crippen molar-refractivity contribution in [1.82, 2.24) is 4.90 Å². The molecule has 0 N–H and O–H groups in total. The molecule has 0 aromatic heterocycles. The number of carbonyl (C=O) groups is 2. The number of thioether (sulfide) groups is 1. The van der Waals surface area contributed by atoms with E-state index in [-0.39, 0.29) is 24.3 Å². The number of benzene rings is 3. The summed E-state index contributed by atoms with van der Waals surface area (Å²) in [7, 11) is 1.58. The Hall–Kier alpha value is -2.96. The second-order valence-corrected chi connectivity index (χ2v) is 7.92. The van der Waals surface area contributed by atoms with E-state index in [4.69, 9.17) is 21.1 Å². The van der Waals surface area contributed by atoms with E-state index in [1.165, 1.54) is 4.90 Å². The Labute approximate surface area is 183 Å². The molecule has 1 aliphatic rings. The quantitative estimate of drug-likeness (QED) is 0.467. The van der Waals surface area contributed by atoms with Gasteiger partial charge in [-0.05, 0) is 46.8 Å². The fraction of sp³-hybridized carbons (Fsp3) is 0.130. The van der Waals surface area contributed by atoms with Gasteiger partial charge in [0.2, 0.25) is 0 Å². The molecule has 3 aromatic rings. The van der Waals surface area contributed by atoms with Gasteiger partial charge in [-0.15, -0.1) is 0 Å². The third-order valence-electron chi connectivity index (χ3n) is 4.71. The highest BCUT2D eigenvalue weighted by molar-refractivity contribution is 8.18. The number of hydrogen-bond acceptors (Lipinski definition) is 5. The van der Waals surface area contributed by atoms with E-state index in [9.17, 15) is 9.59 Å². The highest BCUT2D eigenvalue weighted by Crippen LogP contribution is 2.36. The van der Waals surface area contributed by atoms with E-state index < -0.39 is 0 Å². The summed E-state index contributed by atoms with van der Waals surface area (Å²) in [4.78, 5) is 26.8. The first-order valence-corrected chi connectivity index (χ1v) is 10.5. The summed E-state index contributed by atoms with van der Waals surface area (Å²) < 4.78 is 11.1. The molecule has 3 aromatic carbocycles. The lowest BCUT2D eigenvalue weighted by atomic mass is 10.0. The Morgan fingerprint density at radius 1 is 1.00 bits per heavy atom. The Balaban J connectivity index is 1.55. The van der Waals surface area contributed by atoms with Gasteiger partial charge >= 0.3 is 0 Å². The minimum Gasteiger partial charge on any atom is -0.496 e. The van der Waals surface area contributed by atoms with Gasteiger partial charge in [0.25, 0.3) is 11.1 Å². The normalized spacial score (nSPS) is 15.3. The number of ether oxygens (including phenoxy) is 2. The van der Waals surface area contributed by atoms with Gasteiger partial charge in [0, 0.05) is 5.56 Å². The summed E-state index contributed by atoms with van der Waals surface area (Å²) in [6.45, 7) is 0.298. The predicted octanol–water partition coefficient (Wildman–Crippen LogP) is 5.62. The summed E-state index contributed by atoms with van der Waals surface area (Å²) in [5.41, 5.74) is 0.772. The molecule has 152 valence electrons. The zero-order valence-electron chi connectivity index (χ0n) is 16.1.